The number of aromatic nitrogens is 1. The van der Waals surface area contributed by atoms with Gasteiger partial charge in [-0.1, -0.05) is 12.8 Å². The summed E-state index contributed by atoms with van der Waals surface area (Å²) < 4.78 is 5.14. The number of rotatable bonds is 6. The molecule has 0 radical (unpaired) electrons. The molecule has 17 heavy (non-hydrogen) atoms. The van der Waals surface area contributed by atoms with Crippen molar-refractivity contribution in [3.63, 3.8) is 0 Å². The van der Waals surface area contributed by atoms with Gasteiger partial charge in [0.2, 0.25) is 0 Å². The molecule has 0 atom stereocenters. The lowest BCUT2D eigenvalue weighted by Crippen LogP contribution is -1.99. The zero-order valence-electron chi connectivity index (χ0n) is 10.3. The van der Waals surface area contributed by atoms with Crippen LogP contribution in [0.5, 0.6) is 0 Å². The number of thioether (sulfide) groups is 1. The van der Waals surface area contributed by atoms with Crippen molar-refractivity contribution in [2.45, 2.75) is 49.8 Å². The van der Waals surface area contributed by atoms with E-state index in [1.165, 1.54) is 35.6 Å². The number of thiazole rings is 1. The Morgan fingerprint density at radius 1 is 1.47 bits per heavy atom. The van der Waals surface area contributed by atoms with Gasteiger partial charge in [-0.05, 0) is 12.8 Å². The minimum atomic E-state index is 0.574. The summed E-state index contributed by atoms with van der Waals surface area (Å²) in [7, 11) is 1.70. The normalized spacial score (nSPS) is 16.8. The van der Waals surface area contributed by atoms with Crippen molar-refractivity contribution in [3.8, 4) is 0 Å². The highest BCUT2D eigenvalue weighted by atomic mass is 32.2. The van der Waals surface area contributed by atoms with Crippen LogP contribution in [0.15, 0.2) is 0 Å². The molecule has 0 saturated heterocycles. The molecule has 1 saturated carbocycles. The van der Waals surface area contributed by atoms with Crippen LogP contribution in [0.3, 0.4) is 0 Å². The number of ether oxygens (including phenoxy) is 1. The van der Waals surface area contributed by atoms with E-state index < -0.39 is 0 Å². The lowest BCUT2D eigenvalue weighted by Gasteiger charge is -2.05. The molecule has 0 amide bonds. The van der Waals surface area contributed by atoms with Crippen molar-refractivity contribution in [2.75, 3.05) is 7.11 Å². The highest BCUT2D eigenvalue weighted by Gasteiger charge is 2.17. The van der Waals surface area contributed by atoms with E-state index in [-0.39, 0.29) is 0 Å². The first-order chi connectivity index (χ1) is 8.33. The van der Waals surface area contributed by atoms with Crippen LogP contribution < -0.4 is 5.73 Å². The van der Waals surface area contributed by atoms with Crippen LogP contribution in [0.25, 0.3) is 0 Å². The topological polar surface area (TPSA) is 48.1 Å². The standard InChI is InChI=1S/C12H20N2OS2/c1-15-7-10-11(6-13)17-12(14-10)8-16-9-4-2-3-5-9/h9H,2-8,13H2,1H3. The summed E-state index contributed by atoms with van der Waals surface area (Å²) in [6, 6.07) is 0. The minimum Gasteiger partial charge on any atom is -0.378 e. The molecule has 1 aliphatic carbocycles. The summed E-state index contributed by atoms with van der Waals surface area (Å²) in [6.45, 7) is 1.15. The molecule has 1 heterocycles. The number of nitrogens with zero attached hydrogens (tertiary/aromatic N) is 1. The molecule has 0 aromatic carbocycles. The van der Waals surface area contributed by atoms with Crippen LogP contribution in [-0.4, -0.2) is 17.3 Å². The molecule has 96 valence electrons. The van der Waals surface area contributed by atoms with Crippen LogP contribution in [0, 0.1) is 0 Å². The lowest BCUT2D eigenvalue weighted by atomic mass is 10.4. The van der Waals surface area contributed by atoms with E-state index in [4.69, 9.17) is 10.5 Å². The van der Waals surface area contributed by atoms with Gasteiger partial charge in [0.05, 0.1) is 12.3 Å². The van der Waals surface area contributed by atoms with Crippen LogP contribution in [0.1, 0.15) is 41.3 Å². The molecule has 1 aromatic heterocycles. The summed E-state index contributed by atoms with van der Waals surface area (Å²) in [6.07, 6.45) is 5.56. The summed E-state index contributed by atoms with van der Waals surface area (Å²) in [5, 5.41) is 2.06. The summed E-state index contributed by atoms with van der Waals surface area (Å²) in [4.78, 5) is 5.80. The fourth-order valence-electron chi connectivity index (χ4n) is 2.15. The van der Waals surface area contributed by atoms with Gasteiger partial charge in [0.1, 0.15) is 5.01 Å². The summed E-state index contributed by atoms with van der Waals surface area (Å²) >= 11 is 3.80. The third kappa shape index (κ3) is 3.68. The van der Waals surface area contributed by atoms with E-state index >= 15 is 0 Å². The van der Waals surface area contributed by atoms with E-state index in [0.717, 1.165) is 16.7 Å². The van der Waals surface area contributed by atoms with E-state index in [1.54, 1.807) is 18.4 Å². The van der Waals surface area contributed by atoms with Crippen molar-refractivity contribution >= 4 is 23.1 Å². The zero-order chi connectivity index (χ0) is 12.1. The van der Waals surface area contributed by atoms with Crippen molar-refractivity contribution in [1.82, 2.24) is 4.98 Å². The monoisotopic (exact) mass is 272 g/mol. The molecular formula is C12H20N2OS2. The van der Waals surface area contributed by atoms with Crippen molar-refractivity contribution < 1.29 is 4.74 Å². The smallest absolute Gasteiger partial charge is 0.103 e. The third-order valence-electron chi connectivity index (χ3n) is 3.03. The van der Waals surface area contributed by atoms with Gasteiger partial charge in [-0.25, -0.2) is 4.98 Å². The Kier molecular flexibility index (Phi) is 5.28. The highest BCUT2D eigenvalue weighted by Crippen LogP contribution is 2.33. The number of hydrogen-bond donors (Lipinski definition) is 1. The number of hydrogen-bond acceptors (Lipinski definition) is 5. The van der Waals surface area contributed by atoms with E-state index in [2.05, 4.69) is 16.7 Å². The van der Waals surface area contributed by atoms with Crippen molar-refractivity contribution in [2.24, 2.45) is 5.73 Å². The Hall–Kier alpha value is -0.100. The van der Waals surface area contributed by atoms with Crippen LogP contribution in [0.2, 0.25) is 0 Å². The third-order valence-corrected chi connectivity index (χ3v) is 5.72. The maximum absolute atomic E-state index is 5.72. The van der Waals surface area contributed by atoms with Crippen LogP contribution in [-0.2, 0) is 23.6 Å². The molecule has 0 spiro atoms. The van der Waals surface area contributed by atoms with Gasteiger partial charge in [-0.3, -0.25) is 0 Å². The van der Waals surface area contributed by atoms with Gasteiger partial charge in [0.25, 0.3) is 0 Å². The Morgan fingerprint density at radius 3 is 2.88 bits per heavy atom. The number of methoxy groups -OCH3 is 1. The molecule has 2 N–H and O–H groups in total. The first kappa shape index (κ1) is 13.3. The molecule has 1 fully saturated rings. The van der Waals surface area contributed by atoms with E-state index in [9.17, 15) is 0 Å². The van der Waals surface area contributed by atoms with Crippen LogP contribution in [0.4, 0.5) is 0 Å². The molecule has 3 nitrogen and oxygen atoms in total. The molecular weight excluding hydrogens is 252 g/mol. The summed E-state index contributed by atoms with van der Waals surface area (Å²) in [5.74, 6) is 1.03. The predicted molar refractivity (Wildman–Crippen MR) is 74.3 cm³/mol. The van der Waals surface area contributed by atoms with E-state index in [1.807, 2.05) is 0 Å². The number of nitrogens with two attached hydrogens (primary N) is 1. The zero-order valence-corrected chi connectivity index (χ0v) is 11.9. The van der Waals surface area contributed by atoms with Gasteiger partial charge in [-0.15, -0.1) is 11.3 Å². The van der Waals surface area contributed by atoms with Gasteiger partial charge in [0.15, 0.2) is 0 Å². The fraction of sp³-hybridized carbons (Fsp3) is 0.750. The Balaban J connectivity index is 1.90. The maximum atomic E-state index is 5.72. The van der Waals surface area contributed by atoms with Crippen molar-refractivity contribution in [1.29, 1.82) is 0 Å². The first-order valence-corrected chi connectivity index (χ1v) is 7.98. The quantitative estimate of drug-likeness (QED) is 0.865. The maximum Gasteiger partial charge on any atom is 0.103 e. The second kappa shape index (κ2) is 6.73. The average molecular weight is 272 g/mol. The molecule has 0 unspecified atom stereocenters. The molecule has 1 aliphatic rings. The Bertz CT molecular complexity index is 348. The molecule has 0 bridgehead atoms. The van der Waals surface area contributed by atoms with Crippen molar-refractivity contribution in [3.05, 3.63) is 15.6 Å². The minimum absolute atomic E-state index is 0.574. The first-order valence-electron chi connectivity index (χ1n) is 6.11. The second-order valence-corrected chi connectivity index (χ2v) is 6.79. The molecule has 2 rings (SSSR count). The second-order valence-electron chi connectivity index (χ2n) is 4.33. The molecule has 5 heteroatoms. The largest absolute Gasteiger partial charge is 0.378 e. The average Bonchev–Trinajstić information content (AvgIpc) is 2.95. The molecule has 1 aromatic rings. The SMILES string of the molecule is COCc1nc(CSC2CCCC2)sc1CN. The molecule has 0 aliphatic heterocycles. The Labute approximate surface area is 111 Å². The van der Waals surface area contributed by atoms with Gasteiger partial charge < -0.3 is 10.5 Å². The summed E-state index contributed by atoms with van der Waals surface area (Å²) in [5.41, 5.74) is 6.75. The fourth-order valence-corrected chi connectivity index (χ4v) is 4.45. The van der Waals surface area contributed by atoms with Crippen LogP contribution >= 0.6 is 23.1 Å². The predicted octanol–water partition coefficient (Wildman–Crippen LogP) is 2.92. The lowest BCUT2D eigenvalue weighted by molar-refractivity contribution is 0.181. The Morgan fingerprint density at radius 2 is 2.24 bits per heavy atom. The van der Waals surface area contributed by atoms with Gasteiger partial charge >= 0.3 is 0 Å². The van der Waals surface area contributed by atoms with Gasteiger partial charge in [0, 0.05) is 29.5 Å². The van der Waals surface area contributed by atoms with Gasteiger partial charge in [-0.2, -0.15) is 11.8 Å². The van der Waals surface area contributed by atoms with E-state index in [0.29, 0.717) is 13.2 Å². The highest BCUT2D eigenvalue weighted by molar-refractivity contribution is 7.99.